The van der Waals surface area contributed by atoms with Crippen molar-refractivity contribution < 1.29 is 9.53 Å². The summed E-state index contributed by atoms with van der Waals surface area (Å²) < 4.78 is 5.02. The highest BCUT2D eigenvalue weighted by Gasteiger charge is 2.16. The van der Waals surface area contributed by atoms with E-state index in [1.165, 1.54) is 0 Å². The third-order valence-corrected chi connectivity index (χ3v) is 2.45. The molecule has 14 heavy (non-hydrogen) atoms. The number of carbonyl (C=O) groups is 1. The average Bonchev–Trinajstić information content (AvgIpc) is 2.15. The van der Waals surface area contributed by atoms with Gasteiger partial charge in [0, 0.05) is 5.56 Å². The minimum atomic E-state index is 0.152. The van der Waals surface area contributed by atoms with E-state index in [2.05, 4.69) is 0 Å². The second-order valence-electron chi connectivity index (χ2n) is 3.33. The van der Waals surface area contributed by atoms with Gasteiger partial charge in [-0.3, -0.25) is 4.79 Å². The van der Waals surface area contributed by atoms with E-state index in [1.54, 1.807) is 19.2 Å². The highest BCUT2D eigenvalue weighted by molar-refractivity contribution is 6.09. The van der Waals surface area contributed by atoms with Crippen LogP contribution in [0.25, 0.3) is 0 Å². The van der Waals surface area contributed by atoms with Crippen LogP contribution in [0.5, 0.6) is 5.75 Å². The molecule has 0 bridgehead atoms. The van der Waals surface area contributed by atoms with E-state index in [0.717, 1.165) is 29.7 Å². The zero-order valence-electron chi connectivity index (χ0n) is 8.12. The van der Waals surface area contributed by atoms with E-state index in [9.17, 15) is 4.79 Å². The average molecular weight is 188 g/mol. The molecule has 0 atom stereocenters. The van der Waals surface area contributed by atoms with Crippen LogP contribution >= 0.6 is 0 Å². The van der Waals surface area contributed by atoms with Gasteiger partial charge in [-0.15, -0.1) is 0 Å². The molecule has 0 radical (unpaired) electrons. The van der Waals surface area contributed by atoms with Gasteiger partial charge in [0.1, 0.15) is 5.75 Å². The smallest absolute Gasteiger partial charge is 0.188 e. The molecule has 1 aliphatic carbocycles. The summed E-state index contributed by atoms with van der Waals surface area (Å²) in [6.07, 6.45) is 3.95. The number of ether oxygens (including phenoxy) is 1. The number of carbonyl (C=O) groups excluding carboxylic acids is 1. The summed E-state index contributed by atoms with van der Waals surface area (Å²) in [5.41, 5.74) is 1.69. The quantitative estimate of drug-likeness (QED) is 0.681. The van der Waals surface area contributed by atoms with Crippen LogP contribution < -0.4 is 4.74 Å². The number of ketones is 1. The molecule has 0 amide bonds. The first kappa shape index (κ1) is 9.00. The van der Waals surface area contributed by atoms with Crippen molar-refractivity contribution in [3.05, 3.63) is 41.5 Å². The van der Waals surface area contributed by atoms with Gasteiger partial charge < -0.3 is 4.74 Å². The Hall–Kier alpha value is -1.57. The third-order valence-electron chi connectivity index (χ3n) is 2.45. The summed E-state index contributed by atoms with van der Waals surface area (Å²) >= 11 is 0. The Morgan fingerprint density at radius 3 is 2.36 bits per heavy atom. The Morgan fingerprint density at radius 2 is 1.93 bits per heavy atom. The predicted molar refractivity (Wildman–Crippen MR) is 54.6 cm³/mol. The first-order chi connectivity index (χ1) is 6.81. The van der Waals surface area contributed by atoms with Gasteiger partial charge in [-0.1, -0.05) is 6.08 Å². The molecule has 2 heteroatoms. The third kappa shape index (κ3) is 1.55. The maximum atomic E-state index is 11.7. The van der Waals surface area contributed by atoms with Crippen molar-refractivity contribution in [3.63, 3.8) is 0 Å². The summed E-state index contributed by atoms with van der Waals surface area (Å²) in [6, 6.07) is 7.24. The number of rotatable bonds is 3. The minimum absolute atomic E-state index is 0.152. The number of hydrogen-bond donors (Lipinski definition) is 0. The molecule has 0 fully saturated rings. The summed E-state index contributed by atoms with van der Waals surface area (Å²) in [5.74, 6) is 0.933. The number of allylic oxidation sites excluding steroid dienone is 2. The fourth-order valence-electron chi connectivity index (χ4n) is 1.42. The predicted octanol–water partition coefficient (Wildman–Crippen LogP) is 2.60. The van der Waals surface area contributed by atoms with Crippen molar-refractivity contribution in [3.8, 4) is 5.75 Å². The Kier molecular flexibility index (Phi) is 2.35. The molecule has 0 heterocycles. The second kappa shape index (κ2) is 3.66. The van der Waals surface area contributed by atoms with Gasteiger partial charge in [0.05, 0.1) is 7.11 Å². The zero-order valence-corrected chi connectivity index (χ0v) is 8.12. The largest absolute Gasteiger partial charge is 0.497 e. The van der Waals surface area contributed by atoms with Crippen molar-refractivity contribution in [1.29, 1.82) is 0 Å². The van der Waals surface area contributed by atoms with Gasteiger partial charge in [0.15, 0.2) is 5.78 Å². The topological polar surface area (TPSA) is 26.3 Å². The molecule has 2 rings (SSSR count). The molecule has 0 saturated heterocycles. The first-order valence-electron chi connectivity index (χ1n) is 4.69. The molecule has 0 spiro atoms. The van der Waals surface area contributed by atoms with Gasteiger partial charge in [-0.25, -0.2) is 0 Å². The lowest BCUT2D eigenvalue weighted by Gasteiger charge is -2.12. The van der Waals surface area contributed by atoms with Gasteiger partial charge in [-0.2, -0.15) is 0 Å². The van der Waals surface area contributed by atoms with Crippen molar-refractivity contribution in [1.82, 2.24) is 0 Å². The zero-order chi connectivity index (χ0) is 9.97. The van der Waals surface area contributed by atoms with E-state index in [0.29, 0.717) is 0 Å². The number of benzene rings is 1. The highest BCUT2D eigenvalue weighted by atomic mass is 16.5. The van der Waals surface area contributed by atoms with E-state index in [-0.39, 0.29) is 5.78 Å². The highest BCUT2D eigenvalue weighted by Crippen LogP contribution is 2.23. The van der Waals surface area contributed by atoms with Crippen molar-refractivity contribution >= 4 is 5.78 Å². The van der Waals surface area contributed by atoms with Crippen LogP contribution in [0, 0.1) is 0 Å². The molecule has 72 valence electrons. The van der Waals surface area contributed by atoms with Crippen LogP contribution in [0.3, 0.4) is 0 Å². The van der Waals surface area contributed by atoms with Crippen LogP contribution in [0.15, 0.2) is 35.9 Å². The lowest BCUT2D eigenvalue weighted by atomic mass is 9.91. The number of hydrogen-bond acceptors (Lipinski definition) is 2. The van der Waals surface area contributed by atoms with E-state index in [4.69, 9.17) is 4.74 Å². The normalized spacial score (nSPS) is 14.2. The summed E-state index contributed by atoms with van der Waals surface area (Å²) in [5, 5.41) is 0. The summed E-state index contributed by atoms with van der Waals surface area (Å²) in [7, 11) is 1.62. The molecule has 1 aromatic rings. The monoisotopic (exact) mass is 188 g/mol. The molecule has 1 aromatic carbocycles. The number of Topliss-reactive ketones (excluding diaryl/α,β-unsaturated/α-hetero) is 1. The molecule has 0 saturated carbocycles. The first-order valence-corrected chi connectivity index (χ1v) is 4.69. The van der Waals surface area contributed by atoms with Gasteiger partial charge in [0.2, 0.25) is 0 Å². The van der Waals surface area contributed by atoms with Crippen LogP contribution in [0.2, 0.25) is 0 Å². The molecule has 0 aromatic heterocycles. The molecule has 2 nitrogen and oxygen atoms in total. The maximum Gasteiger partial charge on any atom is 0.188 e. The van der Waals surface area contributed by atoms with Gasteiger partial charge in [-0.05, 0) is 42.7 Å². The van der Waals surface area contributed by atoms with E-state index >= 15 is 0 Å². The lowest BCUT2D eigenvalue weighted by molar-refractivity contribution is 0.102. The molecular weight excluding hydrogens is 176 g/mol. The molecule has 0 aliphatic heterocycles. The fourth-order valence-corrected chi connectivity index (χ4v) is 1.42. The van der Waals surface area contributed by atoms with Crippen LogP contribution in [-0.4, -0.2) is 12.9 Å². The van der Waals surface area contributed by atoms with Crippen LogP contribution in [0.4, 0.5) is 0 Å². The Labute approximate surface area is 83.2 Å². The van der Waals surface area contributed by atoms with Gasteiger partial charge in [0.25, 0.3) is 0 Å². The SMILES string of the molecule is COc1ccc(C(=O)C2=CCC2)cc1. The summed E-state index contributed by atoms with van der Waals surface area (Å²) in [4.78, 5) is 11.7. The van der Waals surface area contributed by atoms with E-state index in [1.807, 2.05) is 18.2 Å². The standard InChI is InChI=1S/C12H12O2/c1-14-11-7-5-10(6-8-11)12(13)9-3-2-4-9/h3,5-8H,2,4H2,1H3. The fraction of sp³-hybridized carbons (Fsp3) is 0.250. The van der Waals surface area contributed by atoms with Crippen molar-refractivity contribution in [2.45, 2.75) is 12.8 Å². The Balaban J connectivity index is 2.20. The second-order valence-corrected chi connectivity index (χ2v) is 3.33. The lowest BCUT2D eigenvalue weighted by Crippen LogP contribution is -2.08. The molecular formula is C12H12O2. The molecule has 0 N–H and O–H groups in total. The molecule has 1 aliphatic rings. The minimum Gasteiger partial charge on any atom is -0.497 e. The van der Waals surface area contributed by atoms with E-state index < -0.39 is 0 Å². The van der Waals surface area contributed by atoms with Crippen molar-refractivity contribution in [2.75, 3.05) is 7.11 Å². The maximum absolute atomic E-state index is 11.7. The Morgan fingerprint density at radius 1 is 1.29 bits per heavy atom. The summed E-state index contributed by atoms with van der Waals surface area (Å²) in [6.45, 7) is 0. The van der Waals surface area contributed by atoms with Crippen LogP contribution in [-0.2, 0) is 0 Å². The Bertz CT molecular complexity index is 374. The molecule has 0 unspecified atom stereocenters. The van der Waals surface area contributed by atoms with Crippen LogP contribution in [0.1, 0.15) is 23.2 Å². The van der Waals surface area contributed by atoms with Crippen molar-refractivity contribution in [2.24, 2.45) is 0 Å². The van der Waals surface area contributed by atoms with Gasteiger partial charge >= 0.3 is 0 Å². The number of methoxy groups -OCH3 is 1.